The lowest BCUT2D eigenvalue weighted by Gasteiger charge is -2.30. The lowest BCUT2D eigenvalue weighted by atomic mass is 10.1. The molecule has 0 aromatic carbocycles. The first kappa shape index (κ1) is 18.7. The molecule has 0 bridgehead atoms. The first-order chi connectivity index (χ1) is 11.0. The molecule has 7 heteroatoms. The first-order valence-corrected chi connectivity index (χ1v) is 8.11. The van der Waals surface area contributed by atoms with Crippen LogP contribution < -0.4 is 0 Å². The Morgan fingerprint density at radius 2 is 1.96 bits per heavy atom. The summed E-state index contributed by atoms with van der Waals surface area (Å²) in [5.74, 6) is -1.03. The minimum Gasteiger partial charge on any atom is -0.469 e. The smallest absolute Gasteiger partial charge is 0.410 e. The summed E-state index contributed by atoms with van der Waals surface area (Å²) in [7, 11) is 1.34. The summed E-state index contributed by atoms with van der Waals surface area (Å²) >= 11 is 0. The Kier molecular flexibility index (Phi) is 5.25. The van der Waals surface area contributed by atoms with E-state index < -0.39 is 17.5 Å². The van der Waals surface area contributed by atoms with E-state index >= 15 is 0 Å². The molecule has 0 aromatic heterocycles. The molecule has 2 saturated heterocycles. The molecule has 2 rings (SSSR count). The maximum atomic E-state index is 12.5. The highest BCUT2D eigenvalue weighted by Crippen LogP contribution is 2.37. The fourth-order valence-electron chi connectivity index (χ4n) is 2.90. The third kappa shape index (κ3) is 4.48. The van der Waals surface area contributed by atoms with Crippen molar-refractivity contribution < 1.29 is 28.5 Å². The summed E-state index contributed by atoms with van der Waals surface area (Å²) in [4.78, 5) is 25.4. The molecule has 7 nitrogen and oxygen atoms in total. The second kappa shape index (κ2) is 6.72. The number of carbonyl (C=O) groups excluding carboxylic acids is 2. The van der Waals surface area contributed by atoms with Crippen LogP contribution >= 0.6 is 0 Å². The highest BCUT2D eigenvalue weighted by atomic mass is 16.8. The lowest BCUT2D eigenvalue weighted by molar-refractivity contribution is -0.158. The monoisotopic (exact) mass is 341 g/mol. The van der Waals surface area contributed by atoms with Crippen molar-refractivity contribution in [3.05, 3.63) is 12.2 Å². The third-order valence-electron chi connectivity index (χ3n) is 3.77. The molecule has 2 fully saturated rings. The second-order valence-corrected chi connectivity index (χ2v) is 7.47. The summed E-state index contributed by atoms with van der Waals surface area (Å²) in [6.07, 6.45) is 2.68. The van der Waals surface area contributed by atoms with Crippen LogP contribution in [-0.2, 0) is 23.7 Å². The zero-order chi connectivity index (χ0) is 18.1. The zero-order valence-corrected chi connectivity index (χ0v) is 15.2. The molecule has 3 atom stereocenters. The topological polar surface area (TPSA) is 74.3 Å². The number of fused-ring (bicyclic) bond motifs is 1. The van der Waals surface area contributed by atoms with E-state index in [1.54, 1.807) is 17.1 Å². The van der Waals surface area contributed by atoms with E-state index in [0.717, 1.165) is 0 Å². The number of nitrogens with zero attached hydrogens (tertiary/aromatic N) is 1. The number of ether oxygens (including phenoxy) is 4. The highest BCUT2D eigenvalue weighted by Gasteiger charge is 2.53. The molecule has 1 amide bonds. The molecule has 2 aliphatic heterocycles. The van der Waals surface area contributed by atoms with Crippen LogP contribution in [0.15, 0.2) is 12.2 Å². The highest BCUT2D eigenvalue weighted by molar-refractivity contribution is 5.71. The van der Waals surface area contributed by atoms with Crippen molar-refractivity contribution in [1.82, 2.24) is 4.90 Å². The number of amides is 1. The zero-order valence-electron chi connectivity index (χ0n) is 15.2. The summed E-state index contributed by atoms with van der Waals surface area (Å²) in [6, 6.07) is -0.351. The number of likely N-dealkylation sites (tertiary alicyclic amines) is 1. The van der Waals surface area contributed by atoms with E-state index in [4.69, 9.17) is 14.2 Å². The van der Waals surface area contributed by atoms with Gasteiger partial charge in [0.1, 0.15) is 17.8 Å². The maximum Gasteiger partial charge on any atom is 0.410 e. The number of esters is 1. The van der Waals surface area contributed by atoms with Crippen molar-refractivity contribution >= 4 is 12.1 Å². The van der Waals surface area contributed by atoms with Crippen LogP contribution in [0.3, 0.4) is 0 Å². The Morgan fingerprint density at radius 1 is 1.29 bits per heavy atom. The van der Waals surface area contributed by atoms with E-state index in [1.165, 1.54) is 7.11 Å². The molecule has 0 radical (unpaired) electrons. The van der Waals surface area contributed by atoms with E-state index in [2.05, 4.69) is 4.74 Å². The number of carbonyl (C=O) groups is 2. The van der Waals surface area contributed by atoms with Crippen LogP contribution in [0.4, 0.5) is 4.79 Å². The van der Waals surface area contributed by atoms with Crippen LogP contribution in [0.5, 0.6) is 0 Å². The van der Waals surface area contributed by atoms with Gasteiger partial charge in [0.15, 0.2) is 5.79 Å². The van der Waals surface area contributed by atoms with Crippen molar-refractivity contribution in [1.29, 1.82) is 0 Å². The largest absolute Gasteiger partial charge is 0.469 e. The molecule has 0 N–H and O–H groups in total. The molecule has 0 spiro atoms. The van der Waals surface area contributed by atoms with Gasteiger partial charge in [-0.1, -0.05) is 12.2 Å². The van der Waals surface area contributed by atoms with Crippen molar-refractivity contribution in [2.45, 2.75) is 70.7 Å². The van der Waals surface area contributed by atoms with Crippen molar-refractivity contribution in [3.63, 3.8) is 0 Å². The van der Waals surface area contributed by atoms with Gasteiger partial charge in [0.05, 0.1) is 26.1 Å². The molecule has 24 heavy (non-hydrogen) atoms. The van der Waals surface area contributed by atoms with Crippen LogP contribution in [0.1, 0.15) is 41.0 Å². The normalized spacial score (nSPS) is 28.9. The summed E-state index contributed by atoms with van der Waals surface area (Å²) in [5.41, 5.74) is -0.587. The Balaban J connectivity index is 2.14. The van der Waals surface area contributed by atoms with Gasteiger partial charge in [-0.25, -0.2) is 4.79 Å². The first-order valence-electron chi connectivity index (χ1n) is 8.11. The van der Waals surface area contributed by atoms with E-state index in [1.807, 2.05) is 34.6 Å². The molecule has 2 aliphatic rings. The minimum atomic E-state index is -0.691. The van der Waals surface area contributed by atoms with Gasteiger partial charge >= 0.3 is 12.1 Å². The van der Waals surface area contributed by atoms with Crippen LogP contribution in [-0.4, -0.2) is 60.3 Å². The Bertz CT molecular complexity index is 522. The summed E-state index contributed by atoms with van der Waals surface area (Å²) in [5, 5.41) is 0. The van der Waals surface area contributed by atoms with Crippen LogP contribution in [0.2, 0.25) is 0 Å². The van der Waals surface area contributed by atoms with E-state index in [0.29, 0.717) is 6.54 Å². The molecule has 0 aromatic rings. The van der Waals surface area contributed by atoms with Crippen molar-refractivity contribution in [3.8, 4) is 0 Å². The molecular formula is C17H27NO6. The Labute approximate surface area is 142 Å². The SMILES string of the molecule is COC(=O)C/C=C/[C@@H]1[C@@H]2OC(C)(C)O[C@@H]2CN1C(=O)OC(C)(C)C. The lowest BCUT2D eigenvalue weighted by Crippen LogP contribution is -2.43. The van der Waals surface area contributed by atoms with Gasteiger partial charge in [0.25, 0.3) is 0 Å². The minimum absolute atomic E-state index is 0.136. The average Bonchev–Trinajstić information content (AvgIpc) is 2.89. The summed E-state index contributed by atoms with van der Waals surface area (Å²) < 4.78 is 21.9. The molecule has 0 aliphatic carbocycles. The van der Waals surface area contributed by atoms with Crippen LogP contribution in [0.25, 0.3) is 0 Å². The van der Waals surface area contributed by atoms with E-state index in [-0.39, 0.29) is 30.6 Å². The number of hydrogen-bond acceptors (Lipinski definition) is 6. The van der Waals surface area contributed by atoms with Gasteiger partial charge in [-0.2, -0.15) is 0 Å². The molecular weight excluding hydrogens is 314 g/mol. The Hall–Kier alpha value is -1.60. The fraction of sp³-hybridized carbons (Fsp3) is 0.765. The molecule has 0 unspecified atom stereocenters. The molecule has 0 saturated carbocycles. The van der Waals surface area contributed by atoms with Gasteiger partial charge in [-0.3, -0.25) is 9.69 Å². The fourth-order valence-corrected chi connectivity index (χ4v) is 2.90. The number of rotatable bonds is 3. The molecule has 2 heterocycles. The van der Waals surface area contributed by atoms with Crippen LogP contribution in [0, 0.1) is 0 Å². The quantitative estimate of drug-likeness (QED) is 0.579. The summed E-state index contributed by atoms with van der Waals surface area (Å²) in [6.45, 7) is 9.53. The Morgan fingerprint density at radius 3 is 2.54 bits per heavy atom. The van der Waals surface area contributed by atoms with Crippen molar-refractivity contribution in [2.75, 3.05) is 13.7 Å². The third-order valence-corrected chi connectivity index (χ3v) is 3.77. The van der Waals surface area contributed by atoms with Gasteiger partial charge in [0.2, 0.25) is 0 Å². The van der Waals surface area contributed by atoms with E-state index in [9.17, 15) is 9.59 Å². The van der Waals surface area contributed by atoms with Gasteiger partial charge in [-0.15, -0.1) is 0 Å². The van der Waals surface area contributed by atoms with Gasteiger partial charge < -0.3 is 18.9 Å². The predicted molar refractivity (Wildman–Crippen MR) is 86.3 cm³/mol. The number of hydrogen-bond donors (Lipinski definition) is 0. The predicted octanol–water partition coefficient (Wildman–Crippen LogP) is 2.25. The van der Waals surface area contributed by atoms with Gasteiger partial charge in [0, 0.05) is 0 Å². The average molecular weight is 341 g/mol. The maximum absolute atomic E-state index is 12.5. The van der Waals surface area contributed by atoms with Gasteiger partial charge in [-0.05, 0) is 34.6 Å². The second-order valence-electron chi connectivity index (χ2n) is 7.47. The standard InChI is InChI=1S/C17H27NO6/c1-16(2,3)24-15(20)18-10-12-14(23-17(4,5)22-12)11(18)8-7-9-13(19)21-6/h7-8,11-12,14H,9-10H2,1-6H3/b8-7+/t11-,12-,14+/m1/s1. The molecule has 136 valence electrons. The van der Waals surface area contributed by atoms with Crippen molar-refractivity contribution in [2.24, 2.45) is 0 Å². The number of methoxy groups -OCH3 is 1.